The maximum absolute atomic E-state index is 15.0. The molecule has 0 aromatic heterocycles. The van der Waals surface area contributed by atoms with Gasteiger partial charge >= 0.3 is 11.9 Å². The summed E-state index contributed by atoms with van der Waals surface area (Å²) in [5.41, 5.74) is 0.145. The number of amides is 1. The second kappa shape index (κ2) is 13.0. The van der Waals surface area contributed by atoms with Gasteiger partial charge in [0.2, 0.25) is 10.0 Å². The molecule has 1 amide bonds. The second-order valence-electron chi connectivity index (χ2n) is 9.63. The van der Waals surface area contributed by atoms with Crippen molar-refractivity contribution in [2.24, 2.45) is 4.99 Å². The summed E-state index contributed by atoms with van der Waals surface area (Å²) in [5, 5.41) is 27.4. The fourth-order valence-corrected chi connectivity index (χ4v) is 5.69. The molecule has 1 atom stereocenters. The number of carboxylic acid groups (broad SMARTS) is 2. The van der Waals surface area contributed by atoms with Gasteiger partial charge < -0.3 is 31.1 Å². The van der Waals surface area contributed by atoms with Crippen LogP contribution in [0.3, 0.4) is 0 Å². The Morgan fingerprint density at radius 2 is 1.76 bits per heavy atom. The third-order valence-corrected chi connectivity index (χ3v) is 8.25. The van der Waals surface area contributed by atoms with Gasteiger partial charge in [0.05, 0.1) is 16.1 Å². The SMILES string of the molecule is O=C(O)c1ccc(S(=O)(=O)N[C@@H](CNC(=O)c2ccc(N3CCC(NC4=NCCCN4)CC3)c(F)c2)C(=O)O)cc1. The highest BCUT2D eigenvalue weighted by molar-refractivity contribution is 7.89. The minimum absolute atomic E-state index is 0.0551. The van der Waals surface area contributed by atoms with Crippen molar-refractivity contribution in [2.75, 3.05) is 37.6 Å². The third-order valence-electron chi connectivity index (χ3n) is 6.76. The van der Waals surface area contributed by atoms with Crippen molar-refractivity contribution >= 4 is 39.5 Å². The van der Waals surface area contributed by atoms with Crippen molar-refractivity contribution in [1.29, 1.82) is 0 Å². The molecule has 13 nitrogen and oxygen atoms in total. The van der Waals surface area contributed by atoms with Crippen molar-refractivity contribution in [3.05, 3.63) is 59.4 Å². The zero-order valence-electron chi connectivity index (χ0n) is 22.0. The summed E-state index contributed by atoms with van der Waals surface area (Å²) >= 11 is 0. The van der Waals surface area contributed by atoms with Gasteiger partial charge in [0.25, 0.3) is 5.91 Å². The minimum atomic E-state index is -4.35. The number of aliphatic carboxylic acids is 1. The Kier molecular flexibility index (Phi) is 9.39. The van der Waals surface area contributed by atoms with E-state index in [2.05, 4.69) is 20.9 Å². The van der Waals surface area contributed by atoms with Gasteiger partial charge in [-0.25, -0.2) is 17.6 Å². The van der Waals surface area contributed by atoms with Crippen LogP contribution in [-0.2, 0) is 14.8 Å². The van der Waals surface area contributed by atoms with Gasteiger partial charge in [-0.3, -0.25) is 14.6 Å². The maximum atomic E-state index is 15.0. The molecule has 4 rings (SSSR count). The number of sulfonamides is 1. The van der Waals surface area contributed by atoms with Crippen LogP contribution >= 0.6 is 0 Å². The summed E-state index contributed by atoms with van der Waals surface area (Å²) in [6.07, 6.45) is 2.56. The first-order chi connectivity index (χ1) is 19.5. The van der Waals surface area contributed by atoms with Crippen LogP contribution in [0.2, 0.25) is 0 Å². The smallest absolute Gasteiger partial charge is 0.335 e. The number of carbonyl (C=O) groups is 3. The number of aromatic carboxylic acids is 1. The Morgan fingerprint density at radius 1 is 1.07 bits per heavy atom. The molecule has 0 unspecified atom stereocenters. The predicted molar refractivity (Wildman–Crippen MR) is 147 cm³/mol. The lowest BCUT2D eigenvalue weighted by Gasteiger charge is -2.35. The summed E-state index contributed by atoms with van der Waals surface area (Å²) in [7, 11) is -4.35. The lowest BCUT2D eigenvalue weighted by Crippen LogP contribution is -2.50. The van der Waals surface area contributed by atoms with Crippen LogP contribution in [0.1, 0.15) is 40.0 Å². The number of nitrogens with zero attached hydrogens (tertiary/aromatic N) is 2. The number of benzene rings is 2. The molecule has 220 valence electrons. The van der Waals surface area contributed by atoms with E-state index in [4.69, 9.17) is 5.11 Å². The van der Waals surface area contributed by atoms with Crippen molar-refractivity contribution in [1.82, 2.24) is 20.7 Å². The largest absolute Gasteiger partial charge is 0.480 e. The van der Waals surface area contributed by atoms with Gasteiger partial charge in [-0.2, -0.15) is 4.72 Å². The highest BCUT2D eigenvalue weighted by Gasteiger charge is 2.27. The summed E-state index contributed by atoms with van der Waals surface area (Å²) < 4.78 is 42.1. The molecular formula is C26H31FN6O7S. The van der Waals surface area contributed by atoms with E-state index in [0.717, 1.165) is 68.6 Å². The van der Waals surface area contributed by atoms with E-state index >= 15 is 0 Å². The number of aliphatic imine (C=N–C) groups is 1. The fraction of sp³-hybridized carbons (Fsp3) is 0.385. The van der Waals surface area contributed by atoms with Crippen LogP contribution in [0.25, 0.3) is 0 Å². The molecule has 41 heavy (non-hydrogen) atoms. The molecule has 2 aromatic carbocycles. The first-order valence-corrected chi connectivity index (χ1v) is 14.5. The number of rotatable bonds is 10. The number of piperidine rings is 1. The maximum Gasteiger partial charge on any atom is 0.335 e. The van der Waals surface area contributed by atoms with Gasteiger partial charge in [-0.05, 0) is 61.7 Å². The number of hydrogen-bond donors (Lipinski definition) is 6. The van der Waals surface area contributed by atoms with Crippen LogP contribution in [-0.4, -0.2) is 87.2 Å². The number of carbonyl (C=O) groups excluding carboxylic acids is 1. The molecule has 0 saturated carbocycles. The van der Waals surface area contributed by atoms with E-state index in [9.17, 15) is 32.3 Å². The van der Waals surface area contributed by atoms with E-state index in [1.807, 2.05) is 9.62 Å². The average Bonchev–Trinajstić information content (AvgIpc) is 2.96. The average molecular weight is 591 g/mol. The Morgan fingerprint density at radius 3 is 2.34 bits per heavy atom. The molecule has 15 heteroatoms. The lowest BCUT2D eigenvalue weighted by atomic mass is 10.0. The van der Waals surface area contributed by atoms with Crippen LogP contribution in [0.15, 0.2) is 52.4 Å². The van der Waals surface area contributed by atoms with Crippen molar-refractivity contribution in [3.63, 3.8) is 0 Å². The number of carboxylic acids is 2. The quantitative estimate of drug-likeness (QED) is 0.228. The summed E-state index contributed by atoms with van der Waals surface area (Å²) in [5.74, 6) is -3.40. The van der Waals surface area contributed by atoms with Gasteiger partial charge in [0.1, 0.15) is 11.9 Å². The predicted octanol–water partition coefficient (Wildman–Crippen LogP) is 0.593. The van der Waals surface area contributed by atoms with Crippen LogP contribution < -0.4 is 25.6 Å². The first kappa shape index (κ1) is 29.7. The van der Waals surface area contributed by atoms with Crippen molar-refractivity contribution in [2.45, 2.75) is 36.2 Å². The number of nitrogens with one attached hydrogen (secondary N) is 4. The van der Waals surface area contributed by atoms with E-state index in [1.54, 1.807) is 0 Å². The lowest BCUT2D eigenvalue weighted by molar-refractivity contribution is -0.138. The molecule has 0 aliphatic carbocycles. The Hall–Kier alpha value is -4.24. The number of anilines is 1. The Labute approximate surface area is 235 Å². The summed E-state index contributed by atoms with van der Waals surface area (Å²) in [4.78, 5) is 41.2. The Bertz CT molecular complexity index is 1430. The number of guanidine groups is 1. The normalized spacial score (nSPS) is 16.7. The molecule has 1 fully saturated rings. The number of halogens is 1. The zero-order valence-corrected chi connectivity index (χ0v) is 22.8. The molecule has 0 spiro atoms. The highest BCUT2D eigenvalue weighted by Crippen LogP contribution is 2.24. The van der Waals surface area contributed by atoms with Gasteiger partial charge in [-0.1, -0.05) is 0 Å². The van der Waals surface area contributed by atoms with Gasteiger partial charge in [0.15, 0.2) is 5.96 Å². The minimum Gasteiger partial charge on any atom is -0.480 e. The van der Waals surface area contributed by atoms with Crippen LogP contribution in [0.5, 0.6) is 0 Å². The summed E-state index contributed by atoms with van der Waals surface area (Å²) in [6.45, 7) is 2.26. The van der Waals surface area contributed by atoms with E-state index in [-0.39, 0.29) is 22.1 Å². The second-order valence-corrected chi connectivity index (χ2v) is 11.3. The molecule has 2 aliphatic heterocycles. The molecule has 6 N–H and O–H groups in total. The van der Waals surface area contributed by atoms with Crippen LogP contribution in [0, 0.1) is 5.82 Å². The highest BCUT2D eigenvalue weighted by atomic mass is 32.2. The topological polar surface area (TPSA) is 190 Å². The third kappa shape index (κ3) is 7.70. The van der Waals surface area contributed by atoms with E-state index < -0.39 is 46.3 Å². The molecular weight excluding hydrogens is 559 g/mol. The fourth-order valence-electron chi connectivity index (χ4n) is 4.50. The monoisotopic (exact) mass is 590 g/mol. The summed E-state index contributed by atoms with van der Waals surface area (Å²) in [6, 6.07) is 6.62. The standard InChI is InChI=1S/C26H31FN6O7S/c27-20-14-17(4-7-22(20)33-12-8-18(9-13-33)31-26-28-10-1-11-29-26)23(34)30-15-21(25(37)38)32-41(39,40)19-5-2-16(3-6-19)24(35)36/h2-7,14,18,21,32H,1,8-13,15H2,(H,30,34)(H,35,36)(H,37,38)(H2,28,29,31)/t21-/m0/s1. The Balaban J connectivity index is 1.32. The molecule has 2 heterocycles. The van der Waals surface area contributed by atoms with Crippen molar-refractivity contribution < 1.29 is 37.4 Å². The molecule has 2 aliphatic rings. The molecule has 1 saturated heterocycles. The van der Waals surface area contributed by atoms with Crippen LogP contribution in [0.4, 0.5) is 10.1 Å². The molecule has 2 aromatic rings. The van der Waals surface area contributed by atoms with Gasteiger partial charge in [-0.15, -0.1) is 0 Å². The van der Waals surface area contributed by atoms with Gasteiger partial charge in [0, 0.05) is 44.3 Å². The number of hydrogen-bond acceptors (Lipinski definition) is 9. The molecule has 0 bridgehead atoms. The van der Waals surface area contributed by atoms with E-state index in [0.29, 0.717) is 18.8 Å². The van der Waals surface area contributed by atoms with Crippen molar-refractivity contribution in [3.8, 4) is 0 Å². The zero-order chi connectivity index (χ0) is 29.6. The van der Waals surface area contributed by atoms with E-state index in [1.165, 1.54) is 12.1 Å². The molecule has 0 radical (unpaired) electrons. The first-order valence-electron chi connectivity index (χ1n) is 13.0.